The first-order valence-electron chi connectivity index (χ1n) is 14.8. The summed E-state index contributed by atoms with van der Waals surface area (Å²) >= 11 is 0. The van der Waals surface area contributed by atoms with Gasteiger partial charge in [0.2, 0.25) is 5.88 Å². The summed E-state index contributed by atoms with van der Waals surface area (Å²) in [5.74, 6) is 0.407. The van der Waals surface area contributed by atoms with Gasteiger partial charge < -0.3 is 19.3 Å². The molecule has 2 aliphatic heterocycles. The molecule has 0 spiro atoms. The number of carboxylic acids is 1. The second-order valence-electron chi connectivity index (χ2n) is 11.2. The van der Waals surface area contributed by atoms with Gasteiger partial charge in [-0.05, 0) is 86.4 Å². The third kappa shape index (κ3) is 5.46. The summed E-state index contributed by atoms with van der Waals surface area (Å²) in [5.41, 5.74) is 8.27. The number of pyridine rings is 1. The second-order valence-corrected chi connectivity index (χ2v) is 11.2. The van der Waals surface area contributed by atoms with Crippen molar-refractivity contribution in [3.8, 4) is 11.7 Å². The predicted molar refractivity (Wildman–Crippen MR) is 159 cm³/mol. The molecule has 2 aromatic heterocycles. The second kappa shape index (κ2) is 12.1. The lowest BCUT2D eigenvalue weighted by molar-refractivity contribution is 0.0692. The lowest BCUT2D eigenvalue weighted by atomic mass is 9.91. The molecule has 9 nitrogen and oxygen atoms in total. The first kappa shape index (κ1) is 28.2. The van der Waals surface area contributed by atoms with Crippen molar-refractivity contribution in [3.63, 3.8) is 0 Å². The molecule has 0 saturated carbocycles. The molecule has 6 rings (SSSR count). The normalized spacial score (nSPS) is 19.0. The molecule has 1 aliphatic carbocycles. The molecule has 0 amide bonds. The quantitative estimate of drug-likeness (QED) is 0.361. The highest BCUT2D eigenvalue weighted by atomic mass is 16.5. The lowest BCUT2D eigenvalue weighted by Crippen LogP contribution is -2.39. The fourth-order valence-corrected chi connectivity index (χ4v) is 6.24. The first-order chi connectivity index (χ1) is 20.4. The summed E-state index contributed by atoms with van der Waals surface area (Å²) in [6.07, 6.45) is 7.47. The Morgan fingerprint density at radius 1 is 1.17 bits per heavy atom. The molecule has 9 heteroatoms. The molecule has 0 unspecified atom stereocenters. The summed E-state index contributed by atoms with van der Waals surface area (Å²) in [6.45, 7) is 10.7. The number of carboxylic acid groups (broad SMARTS) is 1. The summed E-state index contributed by atoms with van der Waals surface area (Å²) in [7, 11) is 0. The van der Waals surface area contributed by atoms with Gasteiger partial charge in [-0.3, -0.25) is 4.90 Å². The van der Waals surface area contributed by atoms with E-state index in [0.717, 1.165) is 69.0 Å². The van der Waals surface area contributed by atoms with E-state index in [9.17, 15) is 9.90 Å². The van der Waals surface area contributed by atoms with Crippen LogP contribution in [0.25, 0.3) is 11.4 Å². The van der Waals surface area contributed by atoms with E-state index in [0.29, 0.717) is 25.1 Å². The van der Waals surface area contributed by atoms with Gasteiger partial charge in [0.1, 0.15) is 17.9 Å². The number of hydrogen-bond acceptors (Lipinski definition) is 7. The minimum absolute atomic E-state index is 0.00128. The summed E-state index contributed by atoms with van der Waals surface area (Å²) in [5, 5.41) is 13.8. The number of allylic oxidation sites excluding steroid dienone is 3. The number of aromatic nitrogens is 3. The number of aromatic carboxylic acids is 1. The third-order valence-corrected chi connectivity index (χ3v) is 8.59. The van der Waals surface area contributed by atoms with Crippen molar-refractivity contribution in [2.24, 2.45) is 0 Å². The summed E-state index contributed by atoms with van der Waals surface area (Å²) in [6, 6.07) is 10.7. The highest BCUT2D eigenvalue weighted by molar-refractivity contribution is 5.90. The Balaban J connectivity index is 1.22. The number of carbonyl (C=O) groups is 1. The van der Waals surface area contributed by atoms with Gasteiger partial charge in [-0.2, -0.15) is 9.78 Å². The fraction of sp³-hybridized carbons (Fsp3) is 0.424. The van der Waals surface area contributed by atoms with Crippen molar-refractivity contribution in [1.82, 2.24) is 19.7 Å². The Morgan fingerprint density at radius 3 is 2.83 bits per heavy atom. The van der Waals surface area contributed by atoms with Crippen LogP contribution < -0.4 is 4.74 Å². The van der Waals surface area contributed by atoms with Gasteiger partial charge in [-0.15, -0.1) is 0 Å². The first-order valence-corrected chi connectivity index (χ1v) is 14.8. The van der Waals surface area contributed by atoms with Gasteiger partial charge in [0, 0.05) is 31.3 Å². The van der Waals surface area contributed by atoms with Crippen LogP contribution in [-0.4, -0.2) is 63.1 Å². The molecule has 1 fully saturated rings. The van der Waals surface area contributed by atoms with Crippen LogP contribution in [0.1, 0.15) is 71.4 Å². The van der Waals surface area contributed by atoms with Crippen molar-refractivity contribution in [2.45, 2.75) is 65.6 Å². The zero-order valence-corrected chi connectivity index (χ0v) is 24.6. The minimum Gasteiger partial charge on any atom is -0.488 e. The Bertz CT molecular complexity index is 1550. The zero-order valence-electron chi connectivity index (χ0n) is 24.6. The lowest BCUT2D eigenvalue weighted by Gasteiger charge is -2.34. The van der Waals surface area contributed by atoms with Gasteiger partial charge in [-0.1, -0.05) is 24.3 Å². The van der Waals surface area contributed by atoms with E-state index in [1.807, 2.05) is 19.1 Å². The van der Waals surface area contributed by atoms with Gasteiger partial charge in [-0.25, -0.2) is 9.78 Å². The number of nitrogens with zero attached hydrogens (tertiary/aromatic N) is 4. The van der Waals surface area contributed by atoms with E-state index < -0.39 is 5.97 Å². The predicted octanol–water partition coefficient (Wildman–Crippen LogP) is 5.49. The highest BCUT2D eigenvalue weighted by Crippen LogP contribution is 2.35. The van der Waals surface area contributed by atoms with E-state index >= 15 is 0 Å². The molecular weight excluding hydrogens is 532 g/mol. The smallest absolute Gasteiger partial charge is 0.342 e. The number of rotatable bonds is 9. The molecule has 1 aromatic carbocycles. The molecule has 3 aromatic rings. The number of fused-ring (bicyclic) bond motifs is 1. The highest BCUT2D eigenvalue weighted by Gasteiger charge is 2.28. The van der Waals surface area contributed by atoms with Crippen LogP contribution in [0.3, 0.4) is 0 Å². The zero-order chi connectivity index (χ0) is 29.2. The monoisotopic (exact) mass is 570 g/mol. The topological polar surface area (TPSA) is 98.9 Å². The Morgan fingerprint density at radius 2 is 2.05 bits per heavy atom. The Kier molecular flexibility index (Phi) is 8.13. The molecule has 1 N–H and O–H groups in total. The van der Waals surface area contributed by atoms with E-state index in [2.05, 4.69) is 42.1 Å². The van der Waals surface area contributed by atoms with Crippen LogP contribution in [-0.2, 0) is 29.0 Å². The molecular formula is C33H38N4O5. The minimum atomic E-state index is -1.09. The summed E-state index contributed by atoms with van der Waals surface area (Å²) in [4.78, 5) is 19.1. The molecule has 3 aliphatic rings. The van der Waals surface area contributed by atoms with Crippen LogP contribution in [0.5, 0.6) is 5.88 Å². The molecule has 1 atom stereocenters. The van der Waals surface area contributed by atoms with Gasteiger partial charge >= 0.3 is 5.97 Å². The maximum atomic E-state index is 11.7. The number of hydrogen-bond donors (Lipinski definition) is 1. The molecule has 0 bridgehead atoms. The molecule has 4 heterocycles. The average Bonchev–Trinajstić information content (AvgIpc) is 3.69. The van der Waals surface area contributed by atoms with Crippen molar-refractivity contribution in [2.75, 3.05) is 26.4 Å². The SMILES string of the molecule is CCOc1c(C(=O)O)cnn1-c1cccc(C2=CCCC(C)=C2OCc2ccc3c(c2C)CCN([C@H]2CCOC2)C3)n1. The summed E-state index contributed by atoms with van der Waals surface area (Å²) < 4.78 is 19.3. The van der Waals surface area contributed by atoms with Gasteiger partial charge in [0.15, 0.2) is 5.82 Å². The van der Waals surface area contributed by atoms with Crippen LogP contribution in [0.15, 0.2) is 53.9 Å². The number of ether oxygens (including phenoxy) is 3. The van der Waals surface area contributed by atoms with Crippen LogP contribution in [0.4, 0.5) is 0 Å². The fourth-order valence-electron chi connectivity index (χ4n) is 6.24. The van der Waals surface area contributed by atoms with E-state index in [4.69, 9.17) is 19.2 Å². The largest absolute Gasteiger partial charge is 0.488 e. The Hall–Kier alpha value is -3.95. The van der Waals surface area contributed by atoms with Gasteiger partial charge in [0.05, 0.1) is 25.1 Å². The van der Waals surface area contributed by atoms with Crippen molar-refractivity contribution >= 4 is 11.5 Å². The average molecular weight is 571 g/mol. The van der Waals surface area contributed by atoms with Crippen LogP contribution in [0.2, 0.25) is 0 Å². The van der Waals surface area contributed by atoms with Gasteiger partial charge in [0.25, 0.3) is 0 Å². The standard InChI is InChI=1S/C33H38N4O5/c1-4-41-32-28(33(38)39)17-34-37(32)30-10-6-9-29(35-30)27-8-5-7-21(2)31(27)42-19-24-12-11-23-18-36(25-14-16-40-20-25)15-13-26(23)22(24)3/h6,8-12,17,25H,4-5,7,13-16,18-20H2,1-3H3,(H,38,39)/t25-/m0/s1. The Labute approximate surface area is 246 Å². The van der Waals surface area contributed by atoms with Crippen molar-refractivity contribution in [3.05, 3.63) is 87.4 Å². The molecule has 220 valence electrons. The molecule has 1 saturated heterocycles. The molecule has 42 heavy (non-hydrogen) atoms. The third-order valence-electron chi connectivity index (χ3n) is 8.59. The van der Waals surface area contributed by atoms with E-state index in [1.54, 1.807) is 6.07 Å². The number of benzene rings is 1. The van der Waals surface area contributed by atoms with Crippen molar-refractivity contribution in [1.29, 1.82) is 0 Å². The van der Waals surface area contributed by atoms with Crippen molar-refractivity contribution < 1.29 is 24.1 Å². The van der Waals surface area contributed by atoms with Crippen LogP contribution >= 0.6 is 0 Å². The maximum absolute atomic E-state index is 11.7. The van der Waals surface area contributed by atoms with Crippen LogP contribution in [0, 0.1) is 6.92 Å². The molecule has 0 radical (unpaired) electrons. The van der Waals surface area contributed by atoms with E-state index in [-0.39, 0.29) is 11.4 Å². The van der Waals surface area contributed by atoms with E-state index in [1.165, 1.54) is 38.7 Å². The maximum Gasteiger partial charge on any atom is 0.342 e.